The molecule has 31 heavy (non-hydrogen) atoms. The number of nitrogens with one attached hydrogen (secondary N) is 1. The Morgan fingerprint density at radius 1 is 1.06 bits per heavy atom. The van der Waals surface area contributed by atoms with Crippen LogP contribution in [0.2, 0.25) is 0 Å². The van der Waals surface area contributed by atoms with Gasteiger partial charge in [0.2, 0.25) is 0 Å². The fraction of sp³-hybridized carbons (Fsp3) is 0.957. The zero-order chi connectivity index (χ0) is 21.6. The van der Waals surface area contributed by atoms with Crippen molar-refractivity contribution in [1.29, 1.82) is 0 Å². The van der Waals surface area contributed by atoms with Gasteiger partial charge in [-0.2, -0.15) is 0 Å². The van der Waals surface area contributed by atoms with Crippen molar-refractivity contribution in [3.05, 3.63) is 0 Å². The number of hydrogen-bond donors (Lipinski definition) is 1. The highest BCUT2D eigenvalue weighted by Gasteiger charge is 2.28. The minimum Gasteiger partial charge on any atom is -0.385 e. The standard InChI is InChI=1S/C23H46N4O3.HI/c1-5-20(6-2)22(26-13-17-29-18-14-26)19-25-23(24-7-3)27-11-9-21(10-12-27)30-16-8-15-28-4;/h20-22H,5-19H2,1-4H3,(H,24,25);1H. The molecule has 0 radical (unpaired) electrons. The quantitative estimate of drug-likeness (QED) is 0.173. The summed E-state index contributed by atoms with van der Waals surface area (Å²) in [5.41, 5.74) is 0. The third-order valence-electron chi connectivity index (χ3n) is 6.46. The summed E-state index contributed by atoms with van der Waals surface area (Å²) in [5, 5.41) is 3.54. The maximum absolute atomic E-state index is 6.03. The molecule has 2 aliphatic rings. The van der Waals surface area contributed by atoms with Crippen LogP contribution in [0.1, 0.15) is 52.9 Å². The average molecular weight is 555 g/mol. The second-order valence-electron chi connectivity index (χ2n) is 8.39. The van der Waals surface area contributed by atoms with Crippen LogP contribution in [0.25, 0.3) is 0 Å². The number of hydrogen-bond acceptors (Lipinski definition) is 5. The smallest absolute Gasteiger partial charge is 0.193 e. The van der Waals surface area contributed by atoms with E-state index in [4.69, 9.17) is 19.2 Å². The van der Waals surface area contributed by atoms with Crippen LogP contribution < -0.4 is 5.32 Å². The van der Waals surface area contributed by atoms with Gasteiger partial charge in [0, 0.05) is 59.1 Å². The van der Waals surface area contributed by atoms with Crippen LogP contribution in [-0.4, -0.2) is 101 Å². The minimum absolute atomic E-state index is 0. The summed E-state index contributed by atoms with van der Waals surface area (Å²) in [7, 11) is 1.74. The van der Waals surface area contributed by atoms with Gasteiger partial charge >= 0.3 is 0 Å². The molecule has 1 unspecified atom stereocenters. The fourth-order valence-electron chi connectivity index (χ4n) is 4.60. The van der Waals surface area contributed by atoms with Crippen LogP contribution in [-0.2, 0) is 14.2 Å². The molecule has 0 bridgehead atoms. The SMILES string of the molecule is CCNC(=NCC(C(CC)CC)N1CCOCC1)N1CCC(OCCCOC)CC1.I. The molecule has 0 aromatic rings. The number of methoxy groups -OCH3 is 1. The highest BCUT2D eigenvalue weighted by atomic mass is 127. The minimum atomic E-state index is 0. The monoisotopic (exact) mass is 554 g/mol. The van der Waals surface area contributed by atoms with E-state index in [0.29, 0.717) is 18.1 Å². The van der Waals surface area contributed by atoms with E-state index in [1.54, 1.807) is 7.11 Å². The molecule has 0 aromatic heterocycles. The van der Waals surface area contributed by atoms with E-state index in [0.717, 1.165) is 90.9 Å². The number of aliphatic imine (C=N–C) groups is 1. The largest absolute Gasteiger partial charge is 0.385 e. The van der Waals surface area contributed by atoms with Gasteiger partial charge in [-0.3, -0.25) is 9.89 Å². The number of ether oxygens (including phenoxy) is 3. The van der Waals surface area contributed by atoms with Crippen molar-refractivity contribution >= 4 is 29.9 Å². The first-order chi connectivity index (χ1) is 14.7. The van der Waals surface area contributed by atoms with E-state index in [9.17, 15) is 0 Å². The molecule has 0 spiro atoms. The summed E-state index contributed by atoms with van der Waals surface area (Å²) < 4.78 is 16.7. The summed E-state index contributed by atoms with van der Waals surface area (Å²) >= 11 is 0. The van der Waals surface area contributed by atoms with Gasteiger partial charge in [0.25, 0.3) is 0 Å². The maximum Gasteiger partial charge on any atom is 0.193 e. The Morgan fingerprint density at radius 2 is 1.74 bits per heavy atom. The lowest BCUT2D eigenvalue weighted by Crippen LogP contribution is -2.50. The normalized spacial score (nSPS) is 20.0. The molecule has 2 fully saturated rings. The van der Waals surface area contributed by atoms with Gasteiger partial charge in [-0.25, -0.2) is 0 Å². The van der Waals surface area contributed by atoms with Crippen molar-refractivity contribution in [1.82, 2.24) is 15.1 Å². The van der Waals surface area contributed by atoms with Crippen molar-refractivity contribution in [3.8, 4) is 0 Å². The van der Waals surface area contributed by atoms with Gasteiger partial charge in [0.1, 0.15) is 0 Å². The molecule has 184 valence electrons. The van der Waals surface area contributed by atoms with Gasteiger partial charge in [0.05, 0.1) is 25.9 Å². The van der Waals surface area contributed by atoms with E-state index in [1.807, 2.05) is 0 Å². The molecule has 2 saturated heterocycles. The first kappa shape index (κ1) is 28.9. The van der Waals surface area contributed by atoms with Crippen molar-refractivity contribution in [2.24, 2.45) is 10.9 Å². The van der Waals surface area contributed by atoms with E-state index < -0.39 is 0 Å². The predicted molar refractivity (Wildman–Crippen MR) is 139 cm³/mol. The molecule has 0 aromatic carbocycles. The Kier molecular flexibility index (Phi) is 16.1. The van der Waals surface area contributed by atoms with Gasteiger partial charge in [-0.15, -0.1) is 24.0 Å². The zero-order valence-corrected chi connectivity index (χ0v) is 22.6. The third-order valence-corrected chi connectivity index (χ3v) is 6.46. The molecule has 1 atom stereocenters. The molecular weight excluding hydrogens is 507 g/mol. The topological polar surface area (TPSA) is 58.6 Å². The zero-order valence-electron chi connectivity index (χ0n) is 20.3. The predicted octanol–water partition coefficient (Wildman–Crippen LogP) is 3.22. The van der Waals surface area contributed by atoms with E-state index in [2.05, 4.69) is 35.9 Å². The maximum atomic E-state index is 6.03. The first-order valence-corrected chi connectivity index (χ1v) is 12.2. The average Bonchev–Trinajstić information content (AvgIpc) is 2.80. The van der Waals surface area contributed by atoms with Crippen LogP contribution >= 0.6 is 24.0 Å². The van der Waals surface area contributed by atoms with Crippen molar-refractivity contribution < 1.29 is 14.2 Å². The van der Waals surface area contributed by atoms with E-state index in [1.165, 1.54) is 12.8 Å². The molecule has 7 nitrogen and oxygen atoms in total. The number of guanidine groups is 1. The van der Waals surface area contributed by atoms with Crippen LogP contribution in [0, 0.1) is 5.92 Å². The molecule has 2 aliphatic heterocycles. The summed E-state index contributed by atoms with van der Waals surface area (Å²) in [4.78, 5) is 10.2. The molecule has 2 rings (SSSR count). The number of rotatable bonds is 12. The molecule has 2 heterocycles. The van der Waals surface area contributed by atoms with Crippen LogP contribution in [0.5, 0.6) is 0 Å². The first-order valence-electron chi connectivity index (χ1n) is 12.2. The van der Waals surface area contributed by atoms with Crippen molar-refractivity contribution in [2.75, 3.05) is 72.8 Å². The molecule has 1 N–H and O–H groups in total. The number of likely N-dealkylation sites (tertiary alicyclic amines) is 1. The number of morpholine rings is 1. The second-order valence-corrected chi connectivity index (χ2v) is 8.39. The highest BCUT2D eigenvalue weighted by molar-refractivity contribution is 14.0. The number of nitrogens with zero attached hydrogens (tertiary/aromatic N) is 3. The second kappa shape index (κ2) is 17.3. The molecule has 0 amide bonds. The van der Waals surface area contributed by atoms with Crippen LogP contribution in [0.15, 0.2) is 4.99 Å². The Morgan fingerprint density at radius 3 is 2.32 bits per heavy atom. The Balaban J connectivity index is 0.00000480. The summed E-state index contributed by atoms with van der Waals surface area (Å²) in [5.74, 6) is 1.75. The lowest BCUT2D eigenvalue weighted by molar-refractivity contribution is 0.00356. The van der Waals surface area contributed by atoms with Crippen LogP contribution in [0.4, 0.5) is 0 Å². The lowest BCUT2D eigenvalue weighted by Gasteiger charge is -2.38. The van der Waals surface area contributed by atoms with Gasteiger partial charge in [0.15, 0.2) is 5.96 Å². The Bertz CT molecular complexity index is 466. The molecular formula is C23H47IN4O3. The Hall–Kier alpha value is -0.160. The summed E-state index contributed by atoms with van der Waals surface area (Å²) in [6.07, 6.45) is 5.88. The number of piperidine rings is 1. The number of halogens is 1. The van der Waals surface area contributed by atoms with Gasteiger partial charge < -0.3 is 24.4 Å². The molecule has 8 heteroatoms. The van der Waals surface area contributed by atoms with Crippen molar-refractivity contribution in [2.45, 2.75) is 65.0 Å². The molecule has 0 saturated carbocycles. The van der Waals surface area contributed by atoms with Crippen LogP contribution in [0.3, 0.4) is 0 Å². The van der Waals surface area contributed by atoms with E-state index in [-0.39, 0.29) is 24.0 Å². The fourth-order valence-corrected chi connectivity index (χ4v) is 4.60. The highest BCUT2D eigenvalue weighted by Crippen LogP contribution is 2.21. The Labute approximate surface area is 207 Å². The van der Waals surface area contributed by atoms with E-state index >= 15 is 0 Å². The third kappa shape index (κ3) is 10.1. The molecule has 0 aliphatic carbocycles. The van der Waals surface area contributed by atoms with Gasteiger partial charge in [-0.1, -0.05) is 26.7 Å². The summed E-state index contributed by atoms with van der Waals surface area (Å²) in [6, 6.07) is 0.499. The van der Waals surface area contributed by atoms with Crippen molar-refractivity contribution in [3.63, 3.8) is 0 Å². The van der Waals surface area contributed by atoms with Gasteiger partial charge in [-0.05, 0) is 32.1 Å². The lowest BCUT2D eigenvalue weighted by atomic mass is 9.92. The summed E-state index contributed by atoms with van der Waals surface area (Å²) in [6.45, 7) is 15.9.